The van der Waals surface area contributed by atoms with Gasteiger partial charge in [0.25, 0.3) is 15.9 Å². The Morgan fingerprint density at radius 2 is 1.73 bits per heavy atom. The lowest BCUT2D eigenvalue weighted by atomic mass is 10.2. The normalized spacial score (nSPS) is 12.7. The molecule has 0 bridgehead atoms. The number of benzene rings is 3. The summed E-state index contributed by atoms with van der Waals surface area (Å²) in [7, 11) is -3.67. The number of nitrogens with zero attached hydrogens (tertiary/aromatic N) is 1. The number of carbonyl (C=O) groups is 1. The minimum Gasteiger partial charge on any atom is -0.493 e. The molecular formula is C24H23N3O4S2. The van der Waals surface area contributed by atoms with Gasteiger partial charge in [0.2, 0.25) is 0 Å². The van der Waals surface area contributed by atoms with Gasteiger partial charge in [-0.05, 0) is 73.6 Å². The van der Waals surface area contributed by atoms with Gasteiger partial charge in [-0.2, -0.15) is 0 Å². The molecule has 0 saturated heterocycles. The summed E-state index contributed by atoms with van der Waals surface area (Å²) in [5.41, 5.74) is 2.66. The van der Waals surface area contributed by atoms with E-state index in [1.807, 2.05) is 31.2 Å². The van der Waals surface area contributed by atoms with E-state index in [0.29, 0.717) is 36.6 Å². The molecule has 9 heteroatoms. The molecule has 0 spiro atoms. The van der Waals surface area contributed by atoms with Crippen LogP contribution < -0.4 is 19.7 Å². The van der Waals surface area contributed by atoms with Crippen molar-refractivity contribution >= 4 is 44.6 Å². The Kier molecular flexibility index (Phi) is 6.62. The van der Waals surface area contributed by atoms with Crippen LogP contribution in [0.4, 0.5) is 11.4 Å². The zero-order valence-corrected chi connectivity index (χ0v) is 19.6. The van der Waals surface area contributed by atoms with Crippen molar-refractivity contribution in [1.82, 2.24) is 5.32 Å². The predicted octanol–water partition coefficient (Wildman–Crippen LogP) is 3.96. The van der Waals surface area contributed by atoms with Crippen molar-refractivity contribution in [3.63, 3.8) is 0 Å². The van der Waals surface area contributed by atoms with Gasteiger partial charge in [-0.3, -0.25) is 14.4 Å². The number of rotatable bonds is 6. The number of ether oxygens (including phenoxy) is 1. The number of nitrogens with one attached hydrogen (secondary N) is 2. The zero-order chi connectivity index (χ0) is 23.4. The highest BCUT2D eigenvalue weighted by molar-refractivity contribution is 7.92. The number of thiocarbonyl (C=S) groups is 1. The molecule has 1 heterocycles. The quantitative estimate of drug-likeness (QED) is 0.518. The monoisotopic (exact) mass is 481 g/mol. The fourth-order valence-electron chi connectivity index (χ4n) is 3.66. The van der Waals surface area contributed by atoms with Crippen molar-refractivity contribution in [2.75, 3.05) is 22.8 Å². The molecule has 0 unspecified atom stereocenters. The summed E-state index contributed by atoms with van der Waals surface area (Å²) in [6.45, 7) is 2.69. The van der Waals surface area contributed by atoms with Gasteiger partial charge in [-0.15, -0.1) is 0 Å². The van der Waals surface area contributed by atoms with Gasteiger partial charge in [0, 0.05) is 12.2 Å². The third-order valence-electron chi connectivity index (χ3n) is 5.20. The van der Waals surface area contributed by atoms with Crippen LogP contribution in [0.1, 0.15) is 22.8 Å². The fourth-order valence-corrected chi connectivity index (χ4v) is 5.38. The lowest BCUT2D eigenvalue weighted by Crippen LogP contribution is -2.34. The molecule has 0 fully saturated rings. The molecule has 0 radical (unpaired) electrons. The molecule has 0 aliphatic carbocycles. The maximum Gasteiger partial charge on any atom is 0.264 e. The molecule has 2 N–H and O–H groups in total. The summed E-state index contributed by atoms with van der Waals surface area (Å²) in [5.74, 6) is 0.0711. The van der Waals surface area contributed by atoms with Gasteiger partial charge in [-0.1, -0.05) is 30.3 Å². The standard InChI is InChI=1S/C24H23N3O4S2/c1-2-31-22-10-6-4-8-20(22)23(28)26-24(32)25-18-11-13-19(14-12-18)33(29,30)27-16-15-17-7-3-5-9-21(17)27/h3-14H,2,15-16H2,1H3,(H2,25,26,28,32). The van der Waals surface area contributed by atoms with Gasteiger partial charge >= 0.3 is 0 Å². The average Bonchev–Trinajstić information content (AvgIpc) is 3.25. The van der Waals surface area contributed by atoms with Crippen molar-refractivity contribution in [3.05, 3.63) is 83.9 Å². The molecule has 1 aliphatic rings. The number of anilines is 2. The van der Waals surface area contributed by atoms with E-state index >= 15 is 0 Å². The molecule has 0 saturated carbocycles. The fraction of sp³-hybridized carbons (Fsp3) is 0.167. The van der Waals surface area contributed by atoms with Crippen LogP contribution in [-0.2, 0) is 16.4 Å². The number of para-hydroxylation sites is 2. The first-order chi connectivity index (χ1) is 15.9. The highest BCUT2D eigenvalue weighted by Crippen LogP contribution is 2.32. The number of sulfonamides is 1. The van der Waals surface area contributed by atoms with Crippen LogP contribution in [0.5, 0.6) is 5.75 Å². The van der Waals surface area contributed by atoms with Gasteiger partial charge in [0.1, 0.15) is 5.75 Å². The molecular weight excluding hydrogens is 458 g/mol. The molecule has 3 aromatic carbocycles. The van der Waals surface area contributed by atoms with E-state index in [1.165, 1.54) is 16.4 Å². The second kappa shape index (κ2) is 9.60. The molecule has 3 aromatic rings. The first-order valence-electron chi connectivity index (χ1n) is 10.4. The Hall–Kier alpha value is -3.43. The van der Waals surface area contributed by atoms with Crippen molar-refractivity contribution in [2.45, 2.75) is 18.2 Å². The molecule has 7 nitrogen and oxygen atoms in total. The number of carbonyl (C=O) groups excluding carboxylic acids is 1. The minimum atomic E-state index is -3.67. The van der Waals surface area contributed by atoms with Gasteiger partial charge in [0.15, 0.2) is 5.11 Å². The summed E-state index contributed by atoms with van der Waals surface area (Å²) in [4.78, 5) is 12.8. The van der Waals surface area contributed by atoms with E-state index in [0.717, 1.165) is 11.3 Å². The third-order valence-corrected chi connectivity index (χ3v) is 7.23. The van der Waals surface area contributed by atoms with Gasteiger partial charge in [-0.25, -0.2) is 8.42 Å². The Labute approximate surface area is 198 Å². The molecule has 0 atom stereocenters. The van der Waals surface area contributed by atoms with Crippen molar-refractivity contribution in [1.29, 1.82) is 0 Å². The van der Waals surface area contributed by atoms with Crippen molar-refractivity contribution < 1.29 is 17.9 Å². The van der Waals surface area contributed by atoms with Crippen molar-refractivity contribution in [3.8, 4) is 5.75 Å². The molecule has 1 aliphatic heterocycles. The van der Waals surface area contributed by atoms with E-state index in [2.05, 4.69) is 10.6 Å². The number of hydrogen-bond donors (Lipinski definition) is 2. The summed E-state index contributed by atoms with van der Waals surface area (Å²) in [6.07, 6.45) is 0.690. The van der Waals surface area contributed by atoms with E-state index in [4.69, 9.17) is 17.0 Å². The van der Waals surface area contributed by atoms with Crippen LogP contribution >= 0.6 is 12.2 Å². The Morgan fingerprint density at radius 1 is 1.03 bits per heavy atom. The summed E-state index contributed by atoms with van der Waals surface area (Å²) in [6, 6.07) is 20.7. The lowest BCUT2D eigenvalue weighted by Gasteiger charge is -2.20. The first-order valence-corrected chi connectivity index (χ1v) is 12.3. The van der Waals surface area contributed by atoms with Crippen molar-refractivity contribution in [2.24, 2.45) is 0 Å². The maximum absolute atomic E-state index is 13.1. The summed E-state index contributed by atoms with van der Waals surface area (Å²) >= 11 is 5.25. The largest absolute Gasteiger partial charge is 0.493 e. The van der Waals surface area contributed by atoms with Gasteiger partial charge in [0.05, 0.1) is 22.8 Å². The van der Waals surface area contributed by atoms with Crippen LogP contribution in [0.3, 0.4) is 0 Å². The molecule has 4 rings (SSSR count). The second-order valence-corrected chi connectivity index (χ2v) is 9.59. The predicted molar refractivity (Wildman–Crippen MR) is 132 cm³/mol. The average molecular weight is 482 g/mol. The summed E-state index contributed by atoms with van der Waals surface area (Å²) < 4.78 is 33.2. The minimum absolute atomic E-state index is 0.0929. The highest BCUT2D eigenvalue weighted by Gasteiger charge is 2.30. The molecule has 0 aromatic heterocycles. The van der Waals surface area contributed by atoms with Crippen LogP contribution in [0.25, 0.3) is 0 Å². The molecule has 170 valence electrons. The Morgan fingerprint density at radius 3 is 2.48 bits per heavy atom. The number of amides is 1. The van der Waals surface area contributed by atoms with E-state index in [-0.39, 0.29) is 10.0 Å². The number of fused-ring (bicyclic) bond motifs is 1. The number of hydrogen-bond acceptors (Lipinski definition) is 5. The lowest BCUT2D eigenvalue weighted by molar-refractivity contribution is 0.0974. The third kappa shape index (κ3) is 4.84. The van der Waals surface area contributed by atoms with E-state index in [9.17, 15) is 13.2 Å². The Bertz CT molecular complexity index is 1290. The SMILES string of the molecule is CCOc1ccccc1C(=O)NC(=S)Nc1ccc(S(=O)(=O)N2CCc3ccccc32)cc1. The summed E-state index contributed by atoms with van der Waals surface area (Å²) in [5, 5.41) is 5.62. The van der Waals surface area contributed by atoms with E-state index in [1.54, 1.807) is 36.4 Å². The van der Waals surface area contributed by atoms with E-state index < -0.39 is 15.9 Å². The highest BCUT2D eigenvalue weighted by atomic mass is 32.2. The topological polar surface area (TPSA) is 87.7 Å². The first kappa shape index (κ1) is 22.8. The Balaban J connectivity index is 1.43. The van der Waals surface area contributed by atoms with Crippen LogP contribution in [0.15, 0.2) is 77.7 Å². The van der Waals surface area contributed by atoms with Gasteiger partial charge < -0.3 is 10.1 Å². The molecule has 1 amide bonds. The van der Waals surface area contributed by atoms with Crippen LogP contribution in [0.2, 0.25) is 0 Å². The second-order valence-electron chi connectivity index (χ2n) is 7.32. The smallest absolute Gasteiger partial charge is 0.264 e. The van der Waals surface area contributed by atoms with Crippen LogP contribution in [0, 0.1) is 0 Å². The van der Waals surface area contributed by atoms with Crippen LogP contribution in [-0.4, -0.2) is 32.6 Å². The zero-order valence-electron chi connectivity index (χ0n) is 17.9. The molecule has 33 heavy (non-hydrogen) atoms. The maximum atomic E-state index is 13.1.